The molecule has 9 heteroatoms. The van der Waals surface area contributed by atoms with Crippen LogP contribution in [0.1, 0.15) is 38.9 Å². The smallest absolute Gasteiger partial charge is 0.407 e. The van der Waals surface area contributed by atoms with Crippen LogP contribution in [-0.2, 0) is 4.74 Å². The maximum absolute atomic E-state index is 11.5. The summed E-state index contributed by atoms with van der Waals surface area (Å²) >= 11 is 5.64. The second kappa shape index (κ2) is 8.28. The summed E-state index contributed by atoms with van der Waals surface area (Å²) in [5, 5.41) is 22.6. The number of amides is 1. The first-order chi connectivity index (χ1) is 10.6. The van der Waals surface area contributed by atoms with E-state index >= 15 is 0 Å². The molecule has 130 valence electrons. The highest BCUT2D eigenvalue weighted by Crippen LogP contribution is 2.26. The van der Waals surface area contributed by atoms with Crippen molar-refractivity contribution in [2.24, 2.45) is 0 Å². The van der Waals surface area contributed by atoms with Crippen LogP contribution in [0.5, 0.6) is 5.88 Å². The number of carbonyl (C=O) groups excluding carboxylic acids is 1. The van der Waals surface area contributed by atoms with E-state index in [-0.39, 0.29) is 29.7 Å². The molecule has 0 saturated carbocycles. The molecule has 2 unspecified atom stereocenters. The molecular formula is C14H22ClN3O5. The SMILES string of the molecule is COc1nc(Cl)ncc1C(O)C(O)CCNC(=O)OC(C)(C)C. The molecule has 0 aliphatic carbocycles. The van der Waals surface area contributed by atoms with E-state index in [0.29, 0.717) is 0 Å². The average Bonchev–Trinajstić information content (AvgIpc) is 2.44. The van der Waals surface area contributed by atoms with Gasteiger partial charge in [0.1, 0.15) is 11.7 Å². The topological polar surface area (TPSA) is 114 Å². The first-order valence-corrected chi connectivity index (χ1v) is 7.41. The summed E-state index contributed by atoms with van der Waals surface area (Å²) in [4.78, 5) is 19.1. The maximum Gasteiger partial charge on any atom is 0.407 e. The van der Waals surface area contributed by atoms with Crippen molar-refractivity contribution in [2.75, 3.05) is 13.7 Å². The highest BCUT2D eigenvalue weighted by Gasteiger charge is 2.24. The zero-order valence-electron chi connectivity index (χ0n) is 13.5. The van der Waals surface area contributed by atoms with E-state index < -0.39 is 23.9 Å². The normalized spacial score (nSPS) is 14.0. The zero-order valence-corrected chi connectivity index (χ0v) is 14.3. The van der Waals surface area contributed by atoms with E-state index in [1.54, 1.807) is 20.8 Å². The van der Waals surface area contributed by atoms with E-state index in [0.717, 1.165) is 0 Å². The Balaban J connectivity index is 2.55. The first-order valence-electron chi connectivity index (χ1n) is 7.03. The summed E-state index contributed by atoms with van der Waals surface area (Å²) in [6.45, 7) is 5.37. The van der Waals surface area contributed by atoms with Crippen molar-refractivity contribution in [3.8, 4) is 5.88 Å². The lowest BCUT2D eigenvalue weighted by molar-refractivity contribution is 0.0105. The number of aliphatic hydroxyl groups excluding tert-OH is 2. The molecule has 1 aromatic rings. The number of nitrogens with zero attached hydrogens (tertiary/aromatic N) is 2. The maximum atomic E-state index is 11.5. The Morgan fingerprint density at radius 3 is 2.65 bits per heavy atom. The van der Waals surface area contributed by atoms with Crippen LogP contribution < -0.4 is 10.1 Å². The molecule has 0 spiro atoms. The van der Waals surface area contributed by atoms with E-state index in [2.05, 4.69) is 15.3 Å². The van der Waals surface area contributed by atoms with Crippen molar-refractivity contribution in [1.29, 1.82) is 0 Å². The zero-order chi connectivity index (χ0) is 17.6. The summed E-state index contributed by atoms with van der Waals surface area (Å²) in [7, 11) is 1.37. The number of hydrogen-bond donors (Lipinski definition) is 3. The second-order valence-corrected chi connectivity index (χ2v) is 6.17. The Morgan fingerprint density at radius 1 is 1.43 bits per heavy atom. The fraction of sp³-hybridized carbons (Fsp3) is 0.643. The molecule has 0 aliphatic heterocycles. The van der Waals surface area contributed by atoms with Gasteiger partial charge in [0.2, 0.25) is 11.2 Å². The number of rotatable bonds is 6. The van der Waals surface area contributed by atoms with Gasteiger partial charge >= 0.3 is 6.09 Å². The molecule has 1 amide bonds. The van der Waals surface area contributed by atoms with Crippen molar-refractivity contribution in [3.63, 3.8) is 0 Å². The molecule has 1 rings (SSSR count). The lowest BCUT2D eigenvalue weighted by Gasteiger charge is -2.21. The number of nitrogens with one attached hydrogen (secondary N) is 1. The summed E-state index contributed by atoms with van der Waals surface area (Å²) in [6, 6.07) is 0. The minimum atomic E-state index is -1.28. The van der Waals surface area contributed by atoms with Crippen LogP contribution in [0, 0.1) is 0 Å². The third kappa shape index (κ3) is 6.55. The Hall–Kier alpha value is -1.64. The Morgan fingerprint density at radius 2 is 2.09 bits per heavy atom. The van der Waals surface area contributed by atoms with Gasteiger partial charge in [-0.2, -0.15) is 4.98 Å². The molecule has 3 N–H and O–H groups in total. The fourth-order valence-corrected chi connectivity index (χ4v) is 1.85. The summed E-state index contributed by atoms with van der Waals surface area (Å²) in [5.74, 6) is 0.0802. The van der Waals surface area contributed by atoms with Gasteiger partial charge in [-0.15, -0.1) is 0 Å². The molecule has 0 aromatic carbocycles. The van der Waals surface area contributed by atoms with Gasteiger partial charge in [0.15, 0.2) is 0 Å². The van der Waals surface area contributed by atoms with Crippen molar-refractivity contribution in [2.45, 2.75) is 45.0 Å². The van der Waals surface area contributed by atoms with E-state index in [4.69, 9.17) is 21.1 Å². The van der Waals surface area contributed by atoms with Crippen molar-refractivity contribution in [1.82, 2.24) is 15.3 Å². The molecule has 0 aliphatic rings. The standard InChI is InChI=1S/C14H22ClN3O5/c1-14(2,3)23-13(21)16-6-5-9(19)10(20)8-7-17-12(15)18-11(8)22-4/h7,9-10,19-20H,5-6H2,1-4H3,(H,16,21). The Labute approximate surface area is 139 Å². The monoisotopic (exact) mass is 347 g/mol. The highest BCUT2D eigenvalue weighted by atomic mass is 35.5. The van der Waals surface area contributed by atoms with E-state index in [1.807, 2.05) is 0 Å². The van der Waals surface area contributed by atoms with Gasteiger partial charge < -0.3 is 25.0 Å². The van der Waals surface area contributed by atoms with Crippen LogP contribution in [0.4, 0.5) is 4.79 Å². The molecule has 1 aromatic heterocycles. The van der Waals surface area contributed by atoms with Crippen molar-refractivity contribution in [3.05, 3.63) is 17.0 Å². The van der Waals surface area contributed by atoms with Gasteiger partial charge in [-0.1, -0.05) is 0 Å². The van der Waals surface area contributed by atoms with Crippen LogP contribution in [-0.4, -0.2) is 51.6 Å². The first kappa shape index (κ1) is 19.4. The number of alkyl carbamates (subject to hydrolysis) is 1. The quantitative estimate of drug-likeness (QED) is 0.667. The lowest BCUT2D eigenvalue weighted by Crippen LogP contribution is -2.34. The number of carbonyl (C=O) groups is 1. The number of aliphatic hydroxyl groups is 2. The van der Waals surface area contributed by atoms with Crippen LogP contribution >= 0.6 is 11.6 Å². The van der Waals surface area contributed by atoms with Crippen molar-refractivity contribution < 1.29 is 24.5 Å². The summed E-state index contributed by atoms with van der Waals surface area (Å²) in [5.41, 5.74) is -0.391. The van der Waals surface area contributed by atoms with Crippen LogP contribution in [0.2, 0.25) is 5.28 Å². The fourth-order valence-electron chi connectivity index (χ4n) is 1.72. The molecule has 0 saturated heterocycles. The number of aromatic nitrogens is 2. The molecule has 8 nitrogen and oxygen atoms in total. The molecule has 23 heavy (non-hydrogen) atoms. The van der Waals surface area contributed by atoms with Gasteiger partial charge in [0.25, 0.3) is 0 Å². The van der Waals surface area contributed by atoms with Gasteiger partial charge in [0.05, 0.1) is 18.8 Å². The number of ether oxygens (including phenoxy) is 2. The van der Waals surface area contributed by atoms with Gasteiger partial charge in [-0.05, 0) is 38.8 Å². The largest absolute Gasteiger partial charge is 0.481 e. The number of halogens is 1. The molecule has 2 atom stereocenters. The second-order valence-electron chi connectivity index (χ2n) is 5.83. The van der Waals surface area contributed by atoms with Gasteiger partial charge in [0, 0.05) is 12.7 Å². The Bertz CT molecular complexity index is 536. The molecule has 1 heterocycles. The molecule has 0 fully saturated rings. The van der Waals surface area contributed by atoms with Crippen molar-refractivity contribution >= 4 is 17.7 Å². The third-order valence-corrected chi connectivity index (χ3v) is 2.92. The van der Waals surface area contributed by atoms with Crippen LogP contribution in [0.15, 0.2) is 6.20 Å². The van der Waals surface area contributed by atoms with E-state index in [1.165, 1.54) is 13.3 Å². The van der Waals surface area contributed by atoms with E-state index in [9.17, 15) is 15.0 Å². The predicted molar refractivity (Wildman–Crippen MR) is 83.4 cm³/mol. The molecule has 0 bridgehead atoms. The summed E-state index contributed by atoms with van der Waals surface area (Å²) < 4.78 is 10.1. The highest BCUT2D eigenvalue weighted by molar-refractivity contribution is 6.28. The van der Waals surface area contributed by atoms with Crippen LogP contribution in [0.3, 0.4) is 0 Å². The minimum Gasteiger partial charge on any atom is -0.481 e. The number of hydrogen-bond acceptors (Lipinski definition) is 7. The molecule has 0 radical (unpaired) electrons. The number of methoxy groups -OCH3 is 1. The third-order valence-electron chi connectivity index (χ3n) is 2.74. The minimum absolute atomic E-state index is 0.0288. The predicted octanol–water partition coefficient (Wildman–Crippen LogP) is 1.45. The average molecular weight is 348 g/mol. The Kier molecular flexibility index (Phi) is 6.99. The lowest BCUT2D eigenvalue weighted by atomic mass is 10.0. The van der Waals surface area contributed by atoms with Gasteiger partial charge in [-0.25, -0.2) is 9.78 Å². The molecular weight excluding hydrogens is 326 g/mol. The van der Waals surface area contributed by atoms with Crippen LogP contribution in [0.25, 0.3) is 0 Å². The summed E-state index contributed by atoms with van der Waals surface area (Å²) in [6.07, 6.45) is -1.63. The van der Waals surface area contributed by atoms with Gasteiger partial charge in [-0.3, -0.25) is 0 Å².